The molecule has 2 N–H and O–H groups in total. The summed E-state index contributed by atoms with van der Waals surface area (Å²) in [7, 11) is 0. The number of carbonyl (C=O) groups is 1. The molecule has 1 aromatic heterocycles. The molecule has 2 aromatic carbocycles. The van der Waals surface area contributed by atoms with Crippen molar-refractivity contribution < 1.29 is 4.79 Å². The number of rotatable bonds is 3. The highest BCUT2D eigenvalue weighted by Crippen LogP contribution is 2.29. The minimum absolute atomic E-state index is 0.0787. The van der Waals surface area contributed by atoms with Crippen molar-refractivity contribution in [2.75, 3.05) is 31.1 Å². The molecule has 2 heterocycles. The van der Waals surface area contributed by atoms with Gasteiger partial charge in [0.1, 0.15) is 12.1 Å². The van der Waals surface area contributed by atoms with Crippen LogP contribution in [-0.2, 0) is 17.6 Å². The average Bonchev–Trinajstić information content (AvgIpc) is 3.22. The predicted molar refractivity (Wildman–Crippen MR) is 114 cm³/mol. The van der Waals surface area contributed by atoms with Gasteiger partial charge >= 0.3 is 0 Å². The predicted octanol–water partition coefficient (Wildman–Crippen LogP) is 2.02. The minimum Gasteiger partial charge on any atom is -0.352 e. The Morgan fingerprint density at radius 3 is 2.31 bits per heavy atom. The number of fused-ring (bicyclic) bond motifs is 2. The number of anilines is 1. The fourth-order valence-corrected chi connectivity index (χ4v) is 4.64. The molecule has 5 rings (SSSR count). The molecule has 6 nitrogen and oxygen atoms in total. The number of nitrogens with zero attached hydrogens (tertiary/aromatic N) is 4. The number of nitrogens with two attached hydrogens (primary N) is 1. The van der Waals surface area contributed by atoms with Crippen molar-refractivity contribution in [3.8, 4) is 0 Å². The van der Waals surface area contributed by atoms with Crippen LogP contribution in [-0.4, -0.2) is 53.0 Å². The third-order valence-corrected chi connectivity index (χ3v) is 6.29. The average molecular weight is 387 g/mol. The lowest BCUT2D eigenvalue weighted by Crippen LogP contribution is -2.55. The number of para-hydroxylation sites is 1. The molecule has 6 heteroatoms. The smallest absolute Gasteiger partial charge is 0.239 e. The summed E-state index contributed by atoms with van der Waals surface area (Å²) in [4.78, 5) is 26.1. The van der Waals surface area contributed by atoms with Crippen LogP contribution in [0, 0.1) is 5.92 Å². The fraction of sp³-hybridized carbons (Fsp3) is 0.348. The molecular formula is C23H25N5O. The van der Waals surface area contributed by atoms with Gasteiger partial charge in [0.2, 0.25) is 5.91 Å². The van der Waals surface area contributed by atoms with E-state index in [2.05, 4.69) is 45.2 Å². The molecule has 2 aliphatic rings. The molecule has 1 aliphatic heterocycles. The number of hydrogen-bond acceptors (Lipinski definition) is 5. The van der Waals surface area contributed by atoms with Gasteiger partial charge in [0, 0.05) is 31.6 Å². The zero-order valence-electron chi connectivity index (χ0n) is 16.4. The molecule has 1 amide bonds. The van der Waals surface area contributed by atoms with Crippen LogP contribution in [0.15, 0.2) is 54.9 Å². The van der Waals surface area contributed by atoms with E-state index in [1.165, 1.54) is 11.1 Å². The first-order valence-electron chi connectivity index (χ1n) is 10.3. The summed E-state index contributed by atoms with van der Waals surface area (Å²) in [6, 6.07) is 16.0. The van der Waals surface area contributed by atoms with Gasteiger partial charge in [-0.05, 0) is 42.0 Å². The van der Waals surface area contributed by atoms with Crippen LogP contribution in [0.2, 0.25) is 0 Å². The van der Waals surface area contributed by atoms with E-state index < -0.39 is 6.04 Å². The quantitative estimate of drug-likeness (QED) is 0.744. The highest BCUT2D eigenvalue weighted by Gasteiger charge is 2.34. The maximum absolute atomic E-state index is 13.0. The zero-order chi connectivity index (χ0) is 19.8. The second kappa shape index (κ2) is 7.44. The lowest BCUT2D eigenvalue weighted by molar-refractivity contribution is -0.134. The van der Waals surface area contributed by atoms with Gasteiger partial charge in [-0.2, -0.15) is 0 Å². The van der Waals surface area contributed by atoms with Crippen molar-refractivity contribution in [1.29, 1.82) is 0 Å². The summed E-state index contributed by atoms with van der Waals surface area (Å²) in [5, 5.41) is 1.05. The van der Waals surface area contributed by atoms with Crippen LogP contribution in [0.4, 0.5) is 5.82 Å². The van der Waals surface area contributed by atoms with Crippen molar-refractivity contribution in [2.45, 2.75) is 18.9 Å². The van der Waals surface area contributed by atoms with Crippen LogP contribution < -0.4 is 10.6 Å². The lowest BCUT2D eigenvalue weighted by atomic mass is 9.96. The van der Waals surface area contributed by atoms with Crippen LogP contribution in [0.3, 0.4) is 0 Å². The summed E-state index contributed by atoms with van der Waals surface area (Å²) in [6.45, 7) is 2.85. The van der Waals surface area contributed by atoms with E-state index in [-0.39, 0.29) is 11.8 Å². The van der Waals surface area contributed by atoms with E-state index in [9.17, 15) is 4.79 Å². The highest BCUT2D eigenvalue weighted by atomic mass is 16.2. The summed E-state index contributed by atoms with van der Waals surface area (Å²) >= 11 is 0. The molecular weight excluding hydrogens is 362 g/mol. The summed E-state index contributed by atoms with van der Waals surface area (Å²) < 4.78 is 0. The molecule has 1 saturated heterocycles. The van der Waals surface area contributed by atoms with E-state index in [1.54, 1.807) is 6.33 Å². The van der Waals surface area contributed by atoms with Crippen molar-refractivity contribution >= 4 is 22.6 Å². The molecule has 0 bridgehead atoms. The van der Waals surface area contributed by atoms with Gasteiger partial charge in [-0.1, -0.05) is 36.4 Å². The molecule has 29 heavy (non-hydrogen) atoms. The number of benzene rings is 2. The van der Waals surface area contributed by atoms with Crippen molar-refractivity contribution in [2.24, 2.45) is 11.7 Å². The maximum Gasteiger partial charge on any atom is 0.239 e. The van der Waals surface area contributed by atoms with Gasteiger partial charge in [-0.25, -0.2) is 9.97 Å². The Bertz CT molecular complexity index is 1010. The second-order valence-corrected chi connectivity index (χ2v) is 7.99. The lowest BCUT2D eigenvalue weighted by Gasteiger charge is -2.37. The van der Waals surface area contributed by atoms with E-state index in [4.69, 9.17) is 5.73 Å². The monoisotopic (exact) mass is 387 g/mol. The Morgan fingerprint density at radius 2 is 1.59 bits per heavy atom. The molecule has 1 fully saturated rings. The van der Waals surface area contributed by atoms with Gasteiger partial charge in [-0.3, -0.25) is 4.79 Å². The molecule has 3 aromatic rings. The first kappa shape index (κ1) is 18.1. The van der Waals surface area contributed by atoms with Crippen molar-refractivity contribution in [1.82, 2.24) is 14.9 Å². The Kier molecular flexibility index (Phi) is 4.64. The van der Waals surface area contributed by atoms with Gasteiger partial charge in [0.25, 0.3) is 0 Å². The first-order chi connectivity index (χ1) is 14.2. The van der Waals surface area contributed by atoms with E-state index >= 15 is 0 Å². The van der Waals surface area contributed by atoms with Gasteiger partial charge in [0.05, 0.1) is 11.6 Å². The van der Waals surface area contributed by atoms with Gasteiger partial charge in [0.15, 0.2) is 0 Å². The van der Waals surface area contributed by atoms with Crippen LogP contribution in [0.25, 0.3) is 10.9 Å². The van der Waals surface area contributed by atoms with Gasteiger partial charge < -0.3 is 15.5 Å². The van der Waals surface area contributed by atoms with E-state index in [0.29, 0.717) is 13.1 Å². The topological polar surface area (TPSA) is 75.4 Å². The SMILES string of the molecule is N[C@@H](C(=O)N1CCN(c2ncnc3ccccc23)CC1)C1Cc2ccccc2C1. The Labute approximate surface area is 170 Å². The normalized spacial score (nSPS) is 18.1. The van der Waals surface area contributed by atoms with Crippen LogP contribution in [0.1, 0.15) is 11.1 Å². The zero-order valence-corrected chi connectivity index (χ0v) is 16.4. The Morgan fingerprint density at radius 1 is 0.931 bits per heavy atom. The van der Waals surface area contributed by atoms with Crippen LogP contribution in [0.5, 0.6) is 0 Å². The summed E-state index contributed by atoms with van der Waals surface area (Å²) in [6.07, 6.45) is 3.41. The van der Waals surface area contributed by atoms with Crippen molar-refractivity contribution in [3.63, 3.8) is 0 Å². The summed E-state index contributed by atoms with van der Waals surface area (Å²) in [5.41, 5.74) is 10.0. The van der Waals surface area contributed by atoms with Crippen LogP contribution >= 0.6 is 0 Å². The Hall–Kier alpha value is -2.99. The molecule has 1 aliphatic carbocycles. The minimum atomic E-state index is -0.436. The fourth-order valence-electron chi connectivity index (χ4n) is 4.64. The van der Waals surface area contributed by atoms with Gasteiger partial charge in [-0.15, -0.1) is 0 Å². The third kappa shape index (κ3) is 3.34. The standard InChI is InChI=1S/C23H25N5O/c24-21(18-13-16-5-1-2-6-17(16)14-18)23(29)28-11-9-27(10-12-28)22-19-7-3-4-8-20(19)25-15-26-22/h1-8,15,18,21H,9-14,24H2/t21-/m1/s1. The molecule has 148 valence electrons. The molecule has 1 atom stereocenters. The number of hydrogen-bond donors (Lipinski definition) is 1. The number of piperazine rings is 1. The number of aromatic nitrogens is 2. The molecule has 0 spiro atoms. The van der Waals surface area contributed by atoms with E-state index in [1.807, 2.05) is 23.1 Å². The summed E-state index contributed by atoms with van der Waals surface area (Å²) in [5.74, 6) is 1.22. The first-order valence-corrected chi connectivity index (χ1v) is 10.3. The molecule has 0 unspecified atom stereocenters. The molecule has 0 saturated carbocycles. The maximum atomic E-state index is 13.0. The largest absolute Gasteiger partial charge is 0.352 e. The Balaban J connectivity index is 1.24. The number of carbonyl (C=O) groups excluding carboxylic acids is 1. The second-order valence-electron chi connectivity index (χ2n) is 7.99. The number of amides is 1. The van der Waals surface area contributed by atoms with E-state index in [0.717, 1.165) is 42.7 Å². The molecule has 0 radical (unpaired) electrons. The highest BCUT2D eigenvalue weighted by molar-refractivity contribution is 5.89. The van der Waals surface area contributed by atoms with Crippen molar-refractivity contribution in [3.05, 3.63) is 66.0 Å². The third-order valence-electron chi connectivity index (χ3n) is 6.29.